The maximum atomic E-state index is 14.3. The summed E-state index contributed by atoms with van der Waals surface area (Å²) in [6.07, 6.45) is 0.479. The van der Waals surface area contributed by atoms with Crippen molar-refractivity contribution in [2.24, 2.45) is 0 Å². The lowest BCUT2D eigenvalue weighted by Gasteiger charge is -2.09. The predicted molar refractivity (Wildman–Crippen MR) is 101 cm³/mol. The van der Waals surface area contributed by atoms with Crippen LogP contribution in [0.4, 0.5) is 10.1 Å². The van der Waals surface area contributed by atoms with Crippen molar-refractivity contribution in [3.63, 3.8) is 0 Å². The van der Waals surface area contributed by atoms with E-state index in [2.05, 4.69) is 10.2 Å². The first-order valence-electron chi connectivity index (χ1n) is 8.22. The van der Waals surface area contributed by atoms with E-state index >= 15 is 0 Å². The summed E-state index contributed by atoms with van der Waals surface area (Å²) in [6, 6.07) is 19.4. The van der Waals surface area contributed by atoms with Gasteiger partial charge in [0.1, 0.15) is 5.82 Å². The molecule has 1 aromatic heterocycles. The van der Waals surface area contributed by atoms with Crippen LogP contribution in [0.2, 0.25) is 0 Å². The van der Waals surface area contributed by atoms with E-state index in [9.17, 15) is 9.18 Å². The van der Waals surface area contributed by atoms with Gasteiger partial charge >= 0.3 is 0 Å². The molecule has 3 aromatic carbocycles. The Bertz CT molecular complexity index is 1170. The lowest BCUT2D eigenvalue weighted by atomic mass is 9.98. The number of aromatic nitrogens is 2. The van der Waals surface area contributed by atoms with Gasteiger partial charge in [0.2, 0.25) is 0 Å². The molecule has 0 aliphatic heterocycles. The summed E-state index contributed by atoms with van der Waals surface area (Å²) in [4.78, 5) is 11.9. The molecule has 26 heavy (non-hydrogen) atoms. The van der Waals surface area contributed by atoms with Crippen LogP contribution in [-0.2, 0) is 6.42 Å². The molecule has 0 atom stereocenters. The minimum atomic E-state index is -0.307. The number of hydrogen-bond acceptors (Lipinski definition) is 3. The molecule has 0 saturated heterocycles. The number of benzene rings is 3. The highest BCUT2D eigenvalue weighted by Crippen LogP contribution is 2.27. The first kappa shape index (κ1) is 16.0. The lowest BCUT2D eigenvalue weighted by molar-refractivity contribution is 0.630. The van der Waals surface area contributed by atoms with E-state index in [1.165, 1.54) is 6.07 Å². The standard InChI is InChI=1S/C21H16FN3O/c22-19-9-8-13(10-18(19)14-4-3-5-15(23)12-14)11-20-16-6-1-2-7-17(16)21(26)25-24-20/h1-10,12H,11,23H2,(H,25,26). The highest BCUT2D eigenvalue weighted by Gasteiger charge is 2.10. The summed E-state index contributed by atoms with van der Waals surface area (Å²) in [6.45, 7) is 0. The SMILES string of the molecule is Nc1cccc(-c2cc(Cc3n[nH]c(=O)c4ccccc34)ccc2F)c1. The van der Waals surface area contributed by atoms with Crippen molar-refractivity contribution >= 4 is 16.5 Å². The number of nitrogens with zero attached hydrogens (tertiary/aromatic N) is 1. The molecule has 4 rings (SSSR count). The Labute approximate surface area is 149 Å². The number of aromatic amines is 1. The van der Waals surface area contributed by atoms with Gasteiger partial charge in [-0.15, -0.1) is 0 Å². The van der Waals surface area contributed by atoms with Crippen LogP contribution in [0.3, 0.4) is 0 Å². The molecule has 0 aliphatic carbocycles. The fraction of sp³-hybridized carbons (Fsp3) is 0.0476. The molecule has 4 nitrogen and oxygen atoms in total. The average molecular weight is 345 g/mol. The molecule has 4 aromatic rings. The predicted octanol–water partition coefficient (Wildman–Crippen LogP) is 3.90. The molecule has 3 N–H and O–H groups in total. The third-order valence-corrected chi connectivity index (χ3v) is 4.37. The van der Waals surface area contributed by atoms with Gasteiger partial charge in [0.15, 0.2) is 0 Å². The molecule has 0 unspecified atom stereocenters. The highest BCUT2D eigenvalue weighted by atomic mass is 19.1. The zero-order chi connectivity index (χ0) is 18.1. The van der Waals surface area contributed by atoms with Gasteiger partial charge in [-0.1, -0.05) is 36.4 Å². The fourth-order valence-electron chi connectivity index (χ4n) is 3.11. The first-order chi connectivity index (χ1) is 12.6. The van der Waals surface area contributed by atoms with Gasteiger partial charge in [-0.3, -0.25) is 4.79 Å². The minimum absolute atomic E-state index is 0.219. The Kier molecular flexibility index (Phi) is 3.97. The van der Waals surface area contributed by atoms with E-state index in [1.54, 1.807) is 36.4 Å². The molecule has 0 fully saturated rings. The van der Waals surface area contributed by atoms with E-state index < -0.39 is 0 Å². The minimum Gasteiger partial charge on any atom is -0.399 e. The maximum absolute atomic E-state index is 14.3. The number of hydrogen-bond donors (Lipinski definition) is 2. The number of nitrogens with one attached hydrogen (secondary N) is 1. The van der Waals surface area contributed by atoms with E-state index in [4.69, 9.17) is 5.73 Å². The number of nitrogen functional groups attached to an aromatic ring is 1. The van der Waals surface area contributed by atoms with Crippen LogP contribution in [0.1, 0.15) is 11.3 Å². The van der Waals surface area contributed by atoms with Crippen molar-refractivity contribution in [3.05, 3.63) is 94.2 Å². The molecular formula is C21H16FN3O. The van der Waals surface area contributed by atoms with Crippen molar-refractivity contribution in [2.45, 2.75) is 6.42 Å². The summed E-state index contributed by atoms with van der Waals surface area (Å²) in [5.41, 5.74) is 9.04. The number of anilines is 1. The molecule has 5 heteroatoms. The average Bonchev–Trinajstić information content (AvgIpc) is 2.66. The third-order valence-electron chi connectivity index (χ3n) is 4.37. The lowest BCUT2D eigenvalue weighted by Crippen LogP contribution is -2.11. The van der Waals surface area contributed by atoms with Crippen LogP contribution < -0.4 is 11.3 Å². The summed E-state index contributed by atoms with van der Waals surface area (Å²) in [5, 5.41) is 8.11. The molecule has 0 amide bonds. The largest absolute Gasteiger partial charge is 0.399 e. The smallest absolute Gasteiger partial charge is 0.272 e. The Morgan fingerprint density at radius 1 is 0.962 bits per heavy atom. The zero-order valence-corrected chi connectivity index (χ0v) is 13.9. The van der Waals surface area contributed by atoms with Crippen LogP contribution in [-0.4, -0.2) is 10.2 Å². The maximum Gasteiger partial charge on any atom is 0.272 e. The Balaban J connectivity index is 1.78. The number of nitrogens with two attached hydrogens (primary N) is 1. The number of halogens is 1. The van der Waals surface area contributed by atoms with Crippen molar-refractivity contribution in [1.82, 2.24) is 10.2 Å². The zero-order valence-electron chi connectivity index (χ0n) is 13.9. The molecule has 0 aliphatic rings. The van der Waals surface area contributed by atoms with Crippen molar-refractivity contribution < 1.29 is 4.39 Å². The molecule has 0 saturated carbocycles. The van der Waals surface area contributed by atoms with Gasteiger partial charge < -0.3 is 5.73 Å². The van der Waals surface area contributed by atoms with Gasteiger partial charge in [0.25, 0.3) is 5.56 Å². The van der Waals surface area contributed by atoms with Crippen LogP contribution in [0.25, 0.3) is 21.9 Å². The highest BCUT2D eigenvalue weighted by molar-refractivity contribution is 5.83. The molecular weight excluding hydrogens is 329 g/mol. The molecule has 0 bridgehead atoms. The van der Waals surface area contributed by atoms with Crippen molar-refractivity contribution in [1.29, 1.82) is 0 Å². The van der Waals surface area contributed by atoms with E-state index in [0.29, 0.717) is 23.1 Å². The second-order valence-corrected chi connectivity index (χ2v) is 6.16. The van der Waals surface area contributed by atoms with Gasteiger partial charge in [0.05, 0.1) is 11.1 Å². The summed E-state index contributed by atoms with van der Waals surface area (Å²) in [7, 11) is 0. The van der Waals surface area contributed by atoms with Crippen molar-refractivity contribution in [2.75, 3.05) is 5.73 Å². The summed E-state index contributed by atoms with van der Waals surface area (Å²) >= 11 is 0. The van der Waals surface area contributed by atoms with Crippen molar-refractivity contribution in [3.8, 4) is 11.1 Å². The van der Waals surface area contributed by atoms with Crippen LogP contribution in [0.5, 0.6) is 0 Å². The van der Waals surface area contributed by atoms with Crippen LogP contribution in [0, 0.1) is 5.82 Å². The van der Waals surface area contributed by atoms with Crippen LogP contribution >= 0.6 is 0 Å². The third kappa shape index (κ3) is 2.95. The van der Waals surface area contributed by atoms with Crippen LogP contribution in [0.15, 0.2) is 71.5 Å². The fourth-order valence-corrected chi connectivity index (χ4v) is 3.11. The van der Waals surface area contributed by atoms with Gasteiger partial charge in [-0.25, -0.2) is 9.49 Å². The second-order valence-electron chi connectivity index (χ2n) is 6.16. The molecule has 0 radical (unpaired) electrons. The number of fused-ring (bicyclic) bond motifs is 1. The van der Waals surface area contributed by atoms with E-state index in [1.807, 2.05) is 24.3 Å². The summed E-state index contributed by atoms with van der Waals surface area (Å²) < 4.78 is 14.3. The monoisotopic (exact) mass is 345 g/mol. The van der Waals surface area contributed by atoms with E-state index in [0.717, 1.165) is 22.2 Å². The van der Waals surface area contributed by atoms with Gasteiger partial charge in [-0.2, -0.15) is 5.10 Å². The Morgan fingerprint density at radius 3 is 2.58 bits per heavy atom. The van der Waals surface area contributed by atoms with Gasteiger partial charge in [-0.05, 0) is 41.5 Å². The Hall–Kier alpha value is -3.47. The molecule has 0 spiro atoms. The quantitative estimate of drug-likeness (QED) is 0.553. The summed E-state index contributed by atoms with van der Waals surface area (Å²) in [5.74, 6) is -0.307. The van der Waals surface area contributed by atoms with Gasteiger partial charge in [0, 0.05) is 23.1 Å². The second kappa shape index (κ2) is 6.44. The number of H-pyrrole nitrogens is 1. The first-order valence-corrected chi connectivity index (χ1v) is 8.22. The molecule has 1 heterocycles. The normalized spacial score (nSPS) is 11.0. The Morgan fingerprint density at radius 2 is 1.77 bits per heavy atom. The molecule has 128 valence electrons. The van der Waals surface area contributed by atoms with E-state index in [-0.39, 0.29) is 11.4 Å². The topological polar surface area (TPSA) is 71.8 Å². The number of rotatable bonds is 3.